The topological polar surface area (TPSA) is 137 Å². The molecule has 0 bridgehead atoms. The van der Waals surface area contributed by atoms with Crippen LogP contribution >= 0.6 is 11.8 Å². The number of hydrogen-bond acceptors (Lipinski definition) is 8. The highest BCUT2D eigenvalue weighted by Gasteiger charge is 2.29. The average molecular weight is 431 g/mol. The number of nitrogens with one attached hydrogen (secondary N) is 2. The van der Waals surface area contributed by atoms with Crippen LogP contribution in [0.4, 0.5) is 17.1 Å². The summed E-state index contributed by atoms with van der Waals surface area (Å²) in [4.78, 5) is 47.6. The second-order valence-corrected chi connectivity index (χ2v) is 7.39. The molecule has 30 heavy (non-hydrogen) atoms. The quantitative estimate of drug-likeness (QED) is 0.388. The fraction of sp³-hybridized carbons (Fsp3) is 0.211. The third kappa shape index (κ3) is 5.06. The normalized spacial score (nSPS) is 14.8. The molecular weight excluding hydrogens is 414 g/mol. The maximum absolute atomic E-state index is 12.1. The molecule has 0 saturated carbocycles. The van der Waals surface area contributed by atoms with E-state index in [1.54, 1.807) is 12.1 Å². The summed E-state index contributed by atoms with van der Waals surface area (Å²) in [6, 6.07) is 11.1. The molecule has 0 aliphatic carbocycles. The fourth-order valence-corrected chi connectivity index (χ4v) is 3.76. The van der Waals surface area contributed by atoms with Gasteiger partial charge in [-0.1, -0.05) is 12.1 Å². The largest absolute Gasteiger partial charge is 0.496 e. The molecule has 156 valence electrons. The number of ether oxygens (including phenoxy) is 2. The molecule has 0 aromatic heterocycles. The lowest BCUT2D eigenvalue weighted by Gasteiger charge is -2.23. The molecule has 0 radical (unpaired) electrons. The van der Waals surface area contributed by atoms with Gasteiger partial charge in [0.25, 0.3) is 11.6 Å². The summed E-state index contributed by atoms with van der Waals surface area (Å²) in [5.74, 6) is -1.55. The van der Waals surface area contributed by atoms with Gasteiger partial charge >= 0.3 is 5.97 Å². The van der Waals surface area contributed by atoms with E-state index in [1.807, 2.05) is 12.1 Å². The van der Waals surface area contributed by atoms with Crippen molar-refractivity contribution in [2.75, 3.05) is 24.4 Å². The maximum atomic E-state index is 12.1. The highest BCUT2D eigenvalue weighted by Crippen LogP contribution is 2.36. The van der Waals surface area contributed by atoms with Crippen molar-refractivity contribution in [2.45, 2.75) is 16.6 Å². The Kier molecular flexibility index (Phi) is 6.52. The Labute approximate surface area is 175 Å². The zero-order chi connectivity index (χ0) is 21.7. The van der Waals surface area contributed by atoms with Crippen LogP contribution in [0.5, 0.6) is 5.75 Å². The zero-order valence-electron chi connectivity index (χ0n) is 15.7. The van der Waals surface area contributed by atoms with Gasteiger partial charge in [-0.25, -0.2) is 0 Å². The van der Waals surface area contributed by atoms with Gasteiger partial charge in [-0.15, -0.1) is 11.8 Å². The van der Waals surface area contributed by atoms with Crippen molar-refractivity contribution in [3.05, 3.63) is 52.6 Å². The number of amides is 2. The lowest BCUT2D eigenvalue weighted by atomic mass is 10.2. The van der Waals surface area contributed by atoms with E-state index in [0.29, 0.717) is 5.69 Å². The first-order valence-corrected chi connectivity index (χ1v) is 9.60. The van der Waals surface area contributed by atoms with Gasteiger partial charge in [0.2, 0.25) is 5.91 Å². The van der Waals surface area contributed by atoms with Gasteiger partial charge in [-0.2, -0.15) is 0 Å². The monoisotopic (exact) mass is 431 g/mol. The van der Waals surface area contributed by atoms with Crippen molar-refractivity contribution < 1.29 is 28.8 Å². The minimum absolute atomic E-state index is 0.0549. The van der Waals surface area contributed by atoms with Crippen LogP contribution in [0.15, 0.2) is 47.4 Å². The number of esters is 1. The van der Waals surface area contributed by atoms with Gasteiger partial charge < -0.3 is 20.1 Å². The first kappa shape index (κ1) is 21.1. The highest BCUT2D eigenvalue weighted by atomic mass is 32.2. The molecule has 0 fully saturated rings. The van der Waals surface area contributed by atoms with Crippen molar-refractivity contribution in [1.82, 2.24) is 0 Å². The number of nitro groups is 1. The predicted octanol–water partition coefficient (Wildman–Crippen LogP) is 2.59. The Hall–Kier alpha value is -3.60. The summed E-state index contributed by atoms with van der Waals surface area (Å²) in [7, 11) is 1.36. The average Bonchev–Trinajstić information content (AvgIpc) is 2.73. The Balaban J connectivity index is 1.54. The summed E-state index contributed by atoms with van der Waals surface area (Å²) in [5.41, 5.74) is 0.265. The van der Waals surface area contributed by atoms with Crippen molar-refractivity contribution in [3.63, 3.8) is 0 Å². The third-order valence-electron chi connectivity index (χ3n) is 4.10. The van der Waals surface area contributed by atoms with E-state index in [-0.39, 0.29) is 29.5 Å². The van der Waals surface area contributed by atoms with Crippen molar-refractivity contribution in [2.24, 2.45) is 0 Å². The number of para-hydroxylation sites is 1. The van der Waals surface area contributed by atoms with E-state index in [1.165, 1.54) is 37.1 Å². The number of methoxy groups -OCH3 is 1. The molecule has 0 saturated heterocycles. The summed E-state index contributed by atoms with van der Waals surface area (Å²) in [6.07, 6.45) is -0.221. The molecule has 11 heteroatoms. The van der Waals surface area contributed by atoms with Crippen molar-refractivity contribution in [3.8, 4) is 5.75 Å². The maximum Gasteiger partial charge on any atom is 0.307 e. The van der Waals surface area contributed by atoms with Crippen LogP contribution in [0.2, 0.25) is 0 Å². The third-order valence-corrected chi connectivity index (χ3v) is 5.37. The van der Waals surface area contributed by atoms with E-state index >= 15 is 0 Å². The molecule has 0 unspecified atom stereocenters. The van der Waals surface area contributed by atoms with E-state index in [4.69, 9.17) is 9.47 Å². The number of nitro benzene ring substituents is 1. The Morgan fingerprint density at radius 1 is 1.27 bits per heavy atom. The Morgan fingerprint density at radius 3 is 2.77 bits per heavy atom. The lowest BCUT2D eigenvalue weighted by Crippen LogP contribution is -2.32. The van der Waals surface area contributed by atoms with Crippen LogP contribution in [-0.4, -0.2) is 41.7 Å². The number of rotatable bonds is 7. The van der Waals surface area contributed by atoms with Crippen LogP contribution in [0.3, 0.4) is 0 Å². The fourth-order valence-electron chi connectivity index (χ4n) is 2.66. The number of anilines is 2. The Morgan fingerprint density at radius 2 is 2.03 bits per heavy atom. The van der Waals surface area contributed by atoms with Crippen LogP contribution < -0.4 is 15.4 Å². The molecule has 3 rings (SSSR count). The first-order chi connectivity index (χ1) is 14.4. The molecule has 0 spiro atoms. The predicted molar refractivity (Wildman–Crippen MR) is 109 cm³/mol. The van der Waals surface area contributed by atoms with E-state index < -0.39 is 28.7 Å². The van der Waals surface area contributed by atoms with Gasteiger partial charge in [0.15, 0.2) is 6.61 Å². The smallest absolute Gasteiger partial charge is 0.307 e. The van der Waals surface area contributed by atoms with Crippen molar-refractivity contribution in [1.29, 1.82) is 0 Å². The zero-order valence-corrected chi connectivity index (χ0v) is 16.6. The number of fused-ring (bicyclic) bond motifs is 1. The number of benzene rings is 2. The highest BCUT2D eigenvalue weighted by molar-refractivity contribution is 8.01. The number of carbonyl (C=O) groups excluding carboxylic acids is 3. The van der Waals surface area contributed by atoms with Crippen LogP contribution in [0.1, 0.15) is 6.42 Å². The molecule has 2 aromatic rings. The SMILES string of the molecule is COc1ccc(NC(=O)COC(=O)C[C@H]2Sc3ccccc3NC2=O)c([N+](=O)[O-])c1. The minimum Gasteiger partial charge on any atom is -0.496 e. The molecule has 2 N–H and O–H groups in total. The molecule has 1 aliphatic heterocycles. The van der Waals surface area contributed by atoms with Gasteiger partial charge in [-0.05, 0) is 24.3 Å². The number of hydrogen-bond donors (Lipinski definition) is 2. The van der Waals surface area contributed by atoms with E-state index in [9.17, 15) is 24.5 Å². The molecule has 1 aliphatic rings. The number of thioether (sulfide) groups is 1. The van der Waals surface area contributed by atoms with Crippen LogP contribution in [0, 0.1) is 10.1 Å². The summed E-state index contributed by atoms with van der Waals surface area (Å²) >= 11 is 1.24. The molecule has 2 aromatic carbocycles. The molecule has 2 amide bonds. The standard InChI is InChI=1S/C19H17N3O7S/c1-28-11-6-7-12(14(8-11)22(26)27)20-17(23)10-29-18(24)9-16-19(25)21-13-4-2-3-5-15(13)30-16/h2-8,16H,9-10H2,1H3,(H,20,23)(H,21,25)/t16-/m1/s1. The summed E-state index contributed by atoms with van der Waals surface area (Å²) in [5, 5.41) is 15.5. The van der Waals surface area contributed by atoms with E-state index in [2.05, 4.69) is 10.6 Å². The minimum atomic E-state index is -0.747. The second kappa shape index (κ2) is 9.27. The van der Waals surface area contributed by atoms with Gasteiger partial charge in [-0.3, -0.25) is 24.5 Å². The lowest BCUT2D eigenvalue weighted by molar-refractivity contribution is -0.384. The van der Waals surface area contributed by atoms with Crippen LogP contribution in [-0.2, 0) is 19.1 Å². The molecular formula is C19H17N3O7S. The summed E-state index contributed by atoms with van der Waals surface area (Å²) in [6.45, 7) is -0.641. The molecule has 1 heterocycles. The van der Waals surface area contributed by atoms with Gasteiger partial charge in [0.05, 0.1) is 35.5 Å². The van der Waals surface area contributed by atoms with E-state index in [0.717, 1.165) is 4.90 Å². The second-order valence-electron chi connectivity index (χ2n) is 6.15. The number of carbonyl (C=O) groups is 3. The Bertz CT molecular complexity index is 1010. The van der Waals surface area contributed by atoms with Crippen LogP contribution in [0.25, 0.3) is 0 Å². The molecule has 10 nitrogen and oxygen atoms in total. The van der Waals surface area contributed by atoms with Gasteiger partial charge in [0, 0.05) is 4.90 Å². The number of nitrogens with zero attached hydrogens (tertiary/aromatic N) is 1. The molecule has 1 atom stereocenters. The summed E-state index contributed by atoms with van der Waals surface area (Å²) < 4.78 is 9.85. The first-order valence-electron chi connectivity index (χ1n) is 8.72. The van der Waals surface area contributed by atoms with Crippen molar-refractivity contribution >= 4 is 46.6 Å². The van der Waals surface area contributed by atoms with Gasteiger partial charge in [0.1, 0.15) is 11.4 Å².